The minimum atomic E-state index is -5.10. The summed E-state index contributed by atoms with van der Waals surface area (Å²) in [6.45, 7) is 1.68. The number of rotatable bonds is 13. The molecule has 0 saturated heterocycles. The van der Waals surface area contributed by atoms with Crippen molar-refractivity contribution >= 4 is 27.7 Å². The molecule has 15 heteroatoms. The average Bonchev–Trinajstić information content (AvgIpc) is 3.17. The molecule has 4 rings (SSSR count). The van der Waals surface area contributed by atoms with Crippen molar-refractivity contribution in [2.24, 2.45) is 4.99 Å². The van der Waals surface area contributed by atoms with Crippen molar-refractivity contribution in [3.63, 3.8) is 0 Å². The van der Waals surface area contributed by atoms with Crippen molar-refractivity contribution in [1.82, 2.24) is 10.2 Å². The zero-order chi connectivity index (χ0) is 34.0. The van der Waals surface area contributed by atoms with E-state index in [-0.39, 0.29) is 30.1 Å². The predicted octanol–water partition coefficient (Wildman–Crippen LogP) is 5.13. The number of carbonyl (C=O) groups is 2. The van der Waals surface area contributed by atoms with Gasteiger partial charge in [-0.3, -0.25) is 14.6 Å². The molecule has 3 aliphatic rings. The maximum atomic E-state index is 13.3. The molecule has 0 saturated carbocycles. The quantitative estimate of drug-likeness (QED) is 0.222. The maximum absolute atomic E-state index is 13.3. The molecule has 0 fully saturated rings. The second-order valence-corrected chi connectivity index (χ2v) is 13.6. The lowest BCUT2D eigenvalue weighted by atomic mass is 9.80. The predicted molar refractivity (Wildman–Crippen MR) is 157 cm³/mol. The van der Waals surface area contributed by atoms with E-state index in [4.69, 9.17) is 0 Å². The number of nitrogens with zero attached hydrogens (tertiary/aromatic N) is 2. The fourth-order valence-electron chi connectivity index (χ4n) is 5.64. The molecule has 0 spiro atoms. The lowest BCUT2D eigenvalue weighted by molar-refractivity contribution is -0.166. The number of Topliss-reactive ketones (excluding diaryl/α,β-unsaturated/α-hetero) is 1. The monoisotopic (exact) mass is 673 g/mol. The zero-order valence-electron chi connectivity index (χ0n) is 24.8. The zero-order valence-corrected chi connectivity index (χ0v) is 25.6. The number of unbranched alkanes of at least 4 members (excludes halogenated alkanes) is 3. The highest BCUT2D eigenvalue weighted by Crippen LogP contribution is 2.39. The van der Waals surface area contributed by atoms with Crippen LogP contribution in [-0.2, 0) is 19.4 Å². The summed E-state index contributed by atoms with van der Waals surface area (Å²) in [5.41, 5.74) is -4.19. The molecule has 2 atom stereocenters. The topological polar surface area (TPSA) is 116 Å². The molecule has 8 nitrogen and oxygen atoms in total. The summed E-state index contributed by atoms with van der Waals surface area (Å²) < 4.78 is 105. The number of fused-ring (bicyclic) bond motifs is 1. The third-order valence-corrected chi connectivity index (χ3v) is 9.71. The van der Waals surface area contributed by atoms with Gasteiger partial charge in [0.2, 0.25) is 0 Å². The lowest BCUT2D eigenvalue weighted by Crippen LogP contribution is -2.51. The smallest absolute Gasteiger partial charge is 0.384 e. The molecular formula is C31H33F6N3O5S. The number of carbonyl (C=O) groups excluding carboxylic acids is 2. The first kappa shape index (κ1) is 35.1. The van der Waals surface area contributed by atoms with Crippen molar-refractivity contribution in [2.45, 2.75) is 74.0 Å². The van der Waals surface area contributed by atoms with Crippen LogP contribution in [0.4, 0.5) is 26.3 Å². The second-order valence-electron chi connectivity index (χ2n) is 11.6. The molecule has 2 unspecified atom stereocenters. The summed E-state index contributed by atoms with van der Waals surface area (Å²) in [5, 5.41) is 14.2. The van der Waals surface area contributed by atoms with Crippen LogP contribution in [0.15, 0.2) is 86.9 Å². The summed E-state index contributed by atoms with van der Waals surface area (Å²) in [6.07, 6.45) is -2.91. The number of alkyl halides is 6. The van der Waals surface area contributed by atoms with Crippen LogP contribution >= 0.6 is 0 Å². The molecule has 1 aromatic carbocycles. The summed E-state index contributed by atoms with van der Waals surface area (Å²) in [7, 11) is -4.21. The maximum Gasteiger partial charge on any atom is 0.455 e. The van der Waals surface area contributed by atoms with Gasteiger partial charge in [-0.1, -0.05) is 49.3 Å². The van der Waals surface area contributed by atoms with Crippen LogP contribution in [-0.4, -0.2) is 78.8 Å². The number of dihydropyridines is 1. The first-order chi connectivity index (χ1) is 21.4. The van der Waals surface area contributed by atoms with Crippen LogP contribution in [0.5, 0.6) is 0 Å². The number of benzene rings is 1. The van der Waals surface area contributed by atoms with Crippen LogP contribution < -0.4 is 5.32 Å². The first-order valence-electron chi connectivity index (χ1n) is 14.5. The largest absolute Gasteiger partial charge is 0.455 e. The van der Waals surface area contributed by atoms with Crippen LogP contribution in [0.2, 0.25) is 0 Å². The molecule has 2 heterocycles. The number of amides is 1. The van der Waals surface area contributed by atoms with E-state index >= 15 is 0 Å². The Labute approximate surface area is 262 Å². The number of aliphatic imine (C=N–C) groups is 1. The van der Waals surface area contributed by atoms with E-state index in [1.807, 2.05) is 6.08 Å². The highest BCUT2D eigenvalue weighted by atomic mass is 32.2. The van der Waals surface area contributed by atoms with E-state index in [9.17, 15) is 49.5 Å². The van der Waals surface area contributed by atoms with Crippen LogP contribution in [0.25, 0.3) is 0 Å². The van der Waals surface area contributed by atoms with E-state index in [2.05, 4.69) is 10.3 Å². The Morgan fingerprint density at radius 1 is 1.07 bits per heavy atom. The Morgan fingerprint density at radius 3 is 2.39 bits per heavy atom. The van der Waals surface area contributed by atoms with Crippen LogP contribution in [0.1, 0.15) is 45.4 Å². The van der Waals surface area contributed by atoms with Gasteiger partial charge in [-0.15, -0.1) is 0 Å². The molecule has 1 aliphatic carbocycles. The highest BCUT2D eigenvalue weighted by molar-refractivity contribution is 7.91. The fourth-order valence-corrected chi connectivity index (χ4v) is 7.17. The molecule has 1 amide bonds. The number of ketones is 1. The number of sulfone groups is 1. The molecule has 2 N–H and O–H groups in total. The highest BCUT2D eigenvalue weighted by Gasteiger charge is 2.49. The van der Waals surface area contributed by atoms with Crippen molar-refractivity contribution in [2.75, 3.05) is 18.8 Å². The van der Waals surface area contributed by atoms with Gasteiger partial charge in [-0.25, -0.2) is 8.42 Å². The third kappa shape index (κ3) is 7.97. The lowest BCUT2D eigenvalue weighted by Gasteiger charge is -2.35. The van der Waals surface area contributed by atoms with Crippen LogP contribution in [0.3, 0.4) is 0 Å². The van der Waals surface area contributed by atoms with E-state index in [1.54, 1.807) is 25.1 Å². The summed E-state index contributed by atoms with van der Waals surface area (Å²) in [4.78, 5) is 29.8. The van der Waals surface area contributed by atoms with Gasteiger partial charge in [0.15, 0.2) is 15.6 Å². The minimum absolute atomic E-state index is 0.0415. The number of hydrogen-bond acceptors (Lipinski definition) is 7. The van der Waals surface area contributed by atoms with E-state index in [1.165, 1.54) is 24.3 Å². The van der Waals surface area contributed by atoms with Gasteiger partial charge in [0, 0.05) is 30.5 Å². The van der Waals surface area contributed by atoms with Gasteiger partial charge in [-0.2, -0.15) is 26.3 Å². The summed E-state index contributed by atoms with van der Waals surface area (Å²) in [5.74, 6) is -4.18. The standard InChI is InChI=1S/C31H33F6N3O5S/c1-28-14-8-7-13-24(28)25(23(19-39-28)26(41)31(35,36)37)38-15-9-2-3-10-16-40-27(42)21(18-30(32,33)34)17-29(40,43)20-46(44,45)22-11-5-4-6-12-22/h4-8,11-13,17,19,38,43H,2-3,9-10,14-16,18,20H2,1H3. The van der Waals surface area contributed by atoms with Gasteiger partial charge in [0.25, 0.3) is 11.7 Å². The molecule has 1 aromatic rings. The van der Waals surface area contributed by atoms with E-state index in [0.717, 1.165) is 11.1 Å². The van der Waals surface area contributed by atoms with Crippen molar-refractivity contribution in [3.8, 4) is 0 Å². The van der Waals surface area contributed by atoms with Gasteiger partial charge in [0.1, 0.15) is 5.75 Å². The Balaban J connectivity index is 1.39. The van der Waals surface area contributed by atoms with Crippen LogP contribution in [0, 0.1) is 0 Å². The van der Waals surface area contributed by atoms with Crippen molar-refractivity contribution in [1.29, 1.82) is 0 Å². The Morgan fingerprint density at radius 2 is 1.74 bits per heavy atom. The molecule has 0 bridgehead atoms. The second kappa shape index (κ2) is 13.2. The third-order valence-electron chi connectivity index (χ3n) is 7.91. The number of aliphatic hydroxyl groups is 1. The van der Waals surface area contributed by atoms with Crippen molar-refractivity contribution in [3.05, 3.63) is 77.1 Å². The summed E-state index contributed by atoms with van der Waals surface area (Å²) >= 11 is 0. The number of allylic oxidation sites excluding steroid dienone is 3. The number of hydrogen-bond donors (Lipinski definition) is 2. The Kier molecular flexibility index (Phi) is 10.1. The number of halogens is 6. The van der Waals surface area contributed by atoms with E-state index in [0.29, 0.717) is 37.3 Å². The van der Waals surface area contributed by atoms with Gasteiger partial charge < -0.3 is 15.3 Å². The Bertz CT molecular complexity index is 1610. The SMILES string of the molecule is CC12CC=CC=C1C(NCCCCCCN1C(=O)C(CC(F)(F)F)=CC1(O)CS(=O)(=O)c1ccccc1)=C(C(=O)C(F)(F)F)C=N2. The molecule has 46 heavy (non-hydrogen) atoms. The fraction of sp³-hybridized carbons (Fsp3) is 0.452. The average molecular weight is 674 g/mol. The van der Waals surface area contributed by atoms with E-state index < -0.39 is 68.5 Å². The van der Waals surface area contributed by atoms with Crippen molar-refractivity contribution < 1.29 is 49.5 Å². The van der Waals surface area contributed by atoms with Gasteiger partial charge in [-0.05, 0) is 44.4 Å². The number of nitrogens with one attached hydrogen (secondary N) is 1. The molecule has 0 aromatic heterocycles. The summed E-state index contributed by atoms with van der Waals surface area (Å²) in [6, 6.07) is 7.01. The molecule has 0 radical (unpaired) electrons. The first-order valence-corrected chi connectivity index (χ1v) is 16.1. The molecular weight excluding hydrogens is 640 g/mol. The minimum Gasteiger partial charge on any atom is -0.384 e. The van der Waals surface area contributed by atoms with Gasteiger partial charge in [0.05, 0.1) is 28.1 Å². The molecule has 250 valence electrons. The van der Waals surface area contributed by atoms with Gasteiger partial charge >= 0.3 is 12.4 Å². The Hall–Kier alpha value is -3.72. The normalized spacial score (nSPS) is 23.4. The molecule has 2 aliphatic heterocycles.